The van der Waals surface area contributed by atoms with Crippen LogP contribution in [0.25, 0.3) is 22.2 Å². The van der Waals surface area contributed by atoms with Gasteiger partial charge in [-0.1, -0.05) is 47.5 Å². The van der Waals surface area contributed by atoms with E-state index in [0.717, 1.165) is 24.4 Å². The zero-order chi connectivity index (χ0) is 37.3. The van der Waals surface area contributed by atoms with Crippen LogP contribution in [-0.4, -0.2) is 92.1 Å². The predicted molar refractivity (Wildman–Crippen MR) is 197 cm³/mol. The molecule has 4 heterocycles. The number of likely N-dealkylation sites (tertiary alicyclic amines) is 1. The normalized spacial score (nSPS) is 17.6. The molecular formula is C37H38Cl2FN7O5. The van der Waals surface area contributed by atoms with Gasteiger partial charge in [0, 0.05) is 72.6 Å². The maximum absolute atomic E-state index is 13.8. The van der Waals surface area contributed by atoms with Crippen LogP contribution in [0.3, 0.4) is 0 Å². The summed E-state index contributed by atoms with van der Waals surface area (Å²) in [6.07, 6.45) is 4.43. The van der Waals surface area contributed by atoms with Gasteiger partial charge in [0.25, 0.3) is 11.8 Å². The fourth-order valence-corrected chi connectivity index (χ4v) is 7.19. The van der Waals surface area contributed by atoms with Crippen LogP contribution in [0.15, 0.2) is 77.1 Å². The molecule has 52 heavy (non-hydrogen) atoms. The predicted octanol–water partition coefficient (Wildman–Crippen LogP) is 6.27. The molecule has 2 aliphatic heterocycles. The molecule has 2 aromatic carbocycles. The highest BCUT2D eigenvalue weighted by Gasteiger charge is 2.29. The molecular weight excluding hydrogens is 712 g/mol. The van der Waals surface area contributed by atoms with Crippen LogP contribution < -0.4 is 5.32 Å². The average molecular weight is 751 g/mol. The molecule has 0 radical (unpaired) electrons. The van der Waals surface area contributed by atoms with E-state index in [-0.39, 0.29) is 28.8 Å². The van der Waals surface area contributed by atoms with E-state index in [1.54, 1.807) is 31.2 Å². The van der Waals surface area contributed by atoms with Crippen molar-refractivity contribution in [1.82, 2.24) is 28.9 Å². The highest BCUT2D eigenvalue weighted by Crippen LogP contribution is 2.37. The first-order valence-electron chi connectivity index (χ1n) is 16.6. The van der Waals surface area contributed by atoms with Gasteiger partial charge in [-0.25, -0.2) is 14.4 Å². The molecule has 15 heteroatoms. The number of carbonyl (C=O) groups excluding carboxylic acids is 2. The summed E-state index contributed by atoms with van der Waals surface area (Å²) in [5.41, 5.74) is 5.04. The van der Waals surface area contributed by atoms with Crippen molar-refractivity contribution < 1.29 is 28.6 Å². The van der Waals surface area contributed by atoms with Crippen molar-refractivity contribution in [3.05, 3.63) is 99.3 Å². The lowest BCUT2D eigenvalue weighted by atomic mass is 10.0. The van der Waals surface area contributed by atoms with Crippen molar-refractivity contribution in [2.45, 2.75) is 26.3 Å². The number of hydrogen-bond donors (Lipinski definition) is 2. The topological polar surface area (TPSA) is 135 Å². The Morgan fingerprint density at radius 3 is 2.60 bits per heavy atom. The van der Waals surface area contributed by atoms with Crippen LogP contribution in [0.4, 0.5) is 10.1 Å². The van der Waals surface area contributed by atoms with Gasteiger partial charge in [-0.2, -0.15) is 0 Å². The number of likely N-dealkylation sites (N-methyl/N-ethyl adjacent to an activating group) is 1. The smallest absolute Gasteiger partial charge is 0.307 e. The lowest BCUT2D eigenvalue weighted by Gasteiger charge is -2.21. The first kappa shape index (κ1) is 37.0. The molecule has 0 aliphatic carbocycles. The number of benzene rings is 2. The Balaban J connectivity index is 1.27. The summed E-state index contributed by atoms with van der Waals surface area (Å²) < 4.78 is 22.2. The van der Waals surface area contributed by atoms with E-state index < -0.39 is 17.8 Å². The van der Waals surface area contributed by atoms with Crippen LogP contribution in [0, 0.1) is 5.92 Å². The number of rotatable bonds is 10. The standard InChI is InChI=1S/C37H38Cl2FN7O5/c1-21(26(38)15-23(31(16-40)52-4)18-46-14-11-22(17-46)37(50)51)36(49)47-20-41-33-25(8-6-10-30(33)47)24-7-5-9-27(32(24)39)43-35(48)34-42-28-19-44(2)13-12-29(28)45(34)3/h5-10,15-16,20,22H,11-14,17-19H2,1-4H3,(H,43,48)(H,50,51)/b23-15-,26-21-,31-16-. The second-order valence-electron chi connectivity index (χ2n) is 13.0. The Morgan fingerprint density at radius 1 is 1.13 bits per heavy atom. The van der Waals surface area contributed by atoms with E-state index in [1.807, 2.05) is 35.7 Å². The number of fused-ring (bicyclic) bond motifs is 2. The third kappa shape index (κ3) is 7.26. The summed E-state index contributed by atoms with van der Waals surface area (Å²) in [5.74, 6) is -2.04. The van der Waals surface area contributed by atoms with Gasteiger partial charge in [-0.15, -0.1) is 0 Å². The number of aliphatic carboxylic acids is 1. The zero-order valence-corrected chi connectivity index (χ0v) is 30.6. The molecule has 0 saturated carbocycles. The summed E-state index contributed by atoms with van der Waals surface area (Å²) in [6, 6.07) is 10.6. The van der Waals surface area contributed by atoms with E-state index in [0.29, 0.717) is 76.7 Å². The number of amides is 1. The third-order valence-corrected chi connectivity index (χ3v) is 10.4. The number of imidazole rings is 2. The number of anilines is 1. The lowest BCUT2D eigenvalue weighted by molar-refractivity contribution is -0.141. The van der Waals surface area contributed by atoms with Gasteiger partial charge in [0.15, 0.2) is 11.6 Å². The number of halogens is 3. The number of para-hydroxylation sites is 1. The molecule has 2 aliphatic rings. The summed E-state index contributed by atoms with van der Waals surface area (Å²) in [6.45, 7) is 4.08. The second-order valence-corrected chi connectivity index (χ2v) is 13.8. The molecule has 0 bridgehead atoms. The van der Waals surface area contributed by atoms with Gasteiger partial charge in [0.2, 0.25) is 0 Å². The molecule has 1 fully saturated rings. The Labute approximate surface area is 309 Å². The highest BCUT2D eigenvalue weighted by atomic mass is 35.5. The van der Waals surface area contributed by atoms with Crippen molar-refractivity contribution in [3.63, 3.8) is 0 Å². The van der Waals surface area contributed by atoms with Crippen LogP contribution >= 0.6 is 23.2 Å². The fraction of sp³-hybridized carbons (Fsp3) is 0.324. The quantitative estimate of drug-likeness (QED) is 0.109. The number of hydrogen-bond acceptors (Lipinski definition) is 8. The Hall–Kier alpha value is -4.82. The maximum atomic E-state index is 13.8. The van der Waals surface area contributed by atoms with E-state index >= 15 is 0 Å². The molecule has 2 aromatic heterocycles. The van der Waals surface area contributed by atoms with E-state index in [4.69, 9.17) is 27.9 Å². The molecule has 1 atom stereocenters. The molecule has 1 amide bonds. The van der Waals surface area contributed by atoms with Gasteiger partial charge in [-0.3, -0.25) is 23.9 Å². The summed E-state index contributed by atoms with van der Waals surface area (Å²) in [4.78, 5) is 51.9. The minimum absolute atomic E-state index is 0.0513. The number of ether oxygens (including phenoxy) is 1. The highest BCUT2D eigenvalue weighted by molar-refractivity contribution is 6.37. The summed E-state index contributed by atoms with van der Waals surface area (Å²) in [5, 5.41) is 12.7. The number of carboxylic acid groups (broad SMARTS) is 1. The fourth-order valence-electron chi connectivity index (χ4n) is 6.70. The molecule has 4 aromatic rings. The lowest BCUT2D eigenvalue weighted by Crippen LogP contribution is -2.27. The van der Waals surface area contributed by atoms with Crippen LogP contribution in [0.2, 0.25) is 5.02 Å². The number of nitrogens with zero attached hydrogens (tertiary/aromatic N) is 6. The number of nitrogens with one attached hydrogen (secondary N) is 1. The number of carboxylic acids is 1. The van der Waals surface area contributed by atoms with Gasteiger partial charge in [-0.05, 0) is 45.1 Å². The molecule has 0 spiro atoms. The van der Waals surface area contributed by atoms with Crippen molar-refractivity contribution in [1.29, 1.82) is 0 Å². The Morgan fingerprint density at radius 2 is 1.88 bits per heavy atom. The second kappa shape index (κ2) is 15.4. The van der Waals surface area contributed by atoms with Gasteiger partial charge in [0.1, 0.15) is 12.7 Å². The maximum Gasteiger partial charge on any atom is 0.307 e. The van der Waals surface area contributed by atoms with Crippen molar-refractivity contribution in [2.24, 2.45) is 13.0 Å². The molecule has 2 N–H and O–H groups in total. The summed E-state index contributed by atoms with van der Waals surface area (Å²) in [7, 11) is 5.17. The zero-order valence-electron chi connectivity index (χ0n) is 29.1. The Kier molecular flexibility index (Phi) is 11.0. The number of allylic oxidation sites excluding steroid dienone is 3. The first-order valence-corrected chi connectivity index (χ1v) is 17.4. The first-order chi connectivity index (χ1) is 24.9. The van der Waals surface area contributed by atoms with E-state index in [2.05, 4.69) is 20.2 Å². The number of carbonyl (C=O) groups is 3. The molecule has 6 rings (SSSR count). The van der Waals surface area contributed by atoms with Crippen LogP contribution in [-0.2, 0) is 29.5 Å². The van der Waals surface area contributed by atoms with E-state index in [9.17, 15) is 23.9 Å². The summed E-state index contributed by atoms with van der Waals surface area (Å²) >= 11 is 13.6. The van der Waals surface area contributed by atoms with Crippen molar-refractivity contribution in [3.8, 4) is 11.1 Å². The monoisotopic (exact) mass is 749 g/mol. The average Bonchev–Trinajstić information content (AvgIpc) is 3.86. The number of aromatic nitrogens is 4. The molecule has 272 valence electrons. The number of methoxy groups -OCH3 is 1. The minimum Gasteiger partial charge on any atom is -0.494 e. The van der Waals surface area contributed by atoms with Crippen LogP contribution in [0.1, 0.15) is 40.1 Å². The van der Waals surface area contributed by atoms with Crippen LogP contribution in [0.5, 0.6) is 0 Å². The molecule has 12 nitrogen and oxygen atoms in total. The van der Waals surface area contributed by atoms with Crippen molar-refractivity contribution in [2.75, 3.05) is 45.7 Å². The van der Waals surface area contributed by atoms with Gasteiger partial charge in [0.05, 0.1) is 40.5 Å². The SMILES string of the molecule is COC(=C\F)/C(=C\C(Cl)=C(/C)C(=O)n1cnc2c(-c3cccc(NC(=O)c4nc5c(n4C)CCN(C)C5)c3Cl)cccc21)CN1CCC(C(=O)O)C1. The minimum atomic E-state index is -0.885. The van der Waals surface area contributed by atoms with E-state index in [1.165, 1.54) is 24.1 Å². The largest absolute Gasteiger partial charge is 0.494 e. The molecule has 1 unspecified atom stereocenters. The Bertz CT molecular complexity index is 2170. The van der Waals surface area contributed by atoms with Gasteiger partial charge >= 0.3 is 5.97 Å². The van der Waals surface area contributed by atoms with Crippen molar-refractivity contribution >= 4 is 57.7 Å². The third-order valence-electron chi connectivity index (χ3n) is 9.61. The van der Waals surface area contributed by atoms with Gasteiger partial charge < -0.3 is 24.6 Å². The molecule has 1 saturated heterocycles.